The van der Waals surface area contributed by atoms with Gasteiger partial charge in [-0.15, -0.1) is 0 Å². The van der Waals surface area contributed by atoms with Crippen molar-refractivity contribution in [1.29, 1.82) is 0 Å². The lowest BCUT2D eigenvalue weighted by molar-refractivity contribution is -0.138. The number of aromatic nitrogens is 2. The monoisotopic (exact) mass is 1220 g/mol. The number of imide groups is 1. The van der Waals surface area contributed by atoms with Crippen LogP contribution in [0.3, 0.4) is 0 Å². The summed E-state index contributed by atoms with van der Waals surface area (Å²) in [6, 6.07) is 26.1. The summed E-state index contributed by atoms with van der Waals surface area (Å²) in [6.07, 6.45) is 13.0. The molecule has 3 fully saturated rings. The van der Waals surface area contributed by atoms with Gasteiger partial charge >= 0.3 is 0 Å². The van der Waals surface area contributed by atoms with Gasteiger partial charge in [0.05, 0.1) is 34.6 Å². The Hall–Kier alpha value is -7.82. The first-order valence-corrected chi connectivity index (χ1v) is 32.1. The molecule has 3 aliphatic heterocycles. The normalized spacial score (nSPS) is 19.9. The van der Waals surface area contributed by atoms with Crippen LogP contribution >= 0.6 is 11.6 Å². The number of H-pyrrole nitrogens is 1. The van der Waals surface area contributed by atoms with E-state index in [1.54, 1.807) is 41.4 Å². The number of hydrogen-bond donors (Lipinski definition) is 8. The Morgan fingerprint density at radius 3 is 2.49 bits per heavy atom. The number of carbonyl (C=O) groups is 5. The highest BCUT2D eigenvalue weighted by Gasteiger charge is 2.40. The van der Waals surface area contributed by atoms with Crippen molar-refractivity contribution in [1.82, 2.24) is 40.0 Å². The molecule has 5 aliphatic rings. The molecular formula is C65H76ClN11O9S. The summed E-state index contributed by atoms with van der Waals surface area (Å²) >= 11 is 6.23. The number of ether oxygens (including phenoxy) is 1. The van der Waals surface area contributed by atoms with Gasteiger partial charge in [0, 0.05) is 98.7 Å². The molecule has 4 aromatic carbocycles. The standard InChI is InChI=1S/C65H76ClN11O9S/c1-65(2)25-23-45(53(35-65)43-11-13-46(66)14-12-43)37-67-27-28-68-47-15-19-52(58(33-47)86-49-32-44-24-26-69-61(44)71-38-49)62(80)74-87(84,85)50-18-20-55(56(34-50)73-83)70-36-41-9-16-48(17-10-41)76-31-30-75(60(79)40-76)29-4-3-6-42-7-5-8-51-54(42)39-77(64(51)82)57-21-22-59(78)72-63(57)81/h5,7-8,11-15,18-20,24,26,32-34,38,41,48,57,67-68,70,73,83H,3-4,6,9-10,16-17,21-23,25,27-31,35-37,39-40H2,1-2H3,(H,69,71)(H,74,80)(H,72,78,81). The van der Waals surface area contributed by atoms with Crippen molar-refractivity contribution in [3.8, 4) is 11.5 Å². The van der Waals surface area contributed by atoms with Gasteiger partial charge in [-0.3, -0.25) is 44.9 Å². The van der Waals surface area contributed by atoms with E-state index in [1.165, 1.54) is 41.1 Å². The van der Waals surface area contributed by atoms with E-state index >= 15 is 0 Å². The highest BCUT2D eigenvalue weighted by Crippen LogP contribution is 2.43. The van der Waals surface area contributed by atoms with Gasteiger partial charge in [-0.1, -0.05) is 55.3 Å². The molecule has 11 rings (SSSR count). The van der Waals surface area contributed by atoms with Gasteiger partial charge in [0.1, 0.15) is 23.2 Å². The van der Waals surface area contributed by atoms with Crippen LogP contribution in [0.1, 0.15) is 122 Å². The van der Waals surface area contributed by atoms with Crippen molar-refractivity contribution < 1.29 is 42.3 Å². The number of allylic oxidation sites excluding steroid dienone is 1. The lowest BCUT2D eigenvalue weighted by Crippen LogP contribution is -2.54. The van der Waals surface area contributed by atoms with Crippen LogP contribution in [0.2, 0.25) is 5.02 Å². The zero-order chi connectivity index (χ0) is 60.8. The summed E-state index contributed by atoms with van der Waals surface area (Å²) in [5, 5.41) is 24.5. The highest BCUT2D eigenvalue weighted by atomic mass is 35.5. The van der Waals surface area contributed by atoms with Gasteiger partial charge in [0.2, 0.25) is 17.7 Å². The fraction of sp³-hybridized carbons (Fsp3) is 0.415. The van der Waals surface area contributed by atoms with E-state index in [0.29, 0.717) is 97.6 Å². The Labute approximate surface area is 512 Å². The number of fused-ring (bicyclic) bond motifs is 2. The number of aromatic amines is 1. The third-order valence-corrected chi connectivity index (χ3v) is 19.5. The number of anilines is 3. The smallest absolute Gasteiger partial charge is 0.268 e. The number of halogens is 1. The van der Waals surface area contributed by atoms with Crippen molar-refractivity contribution in [3.05, 3.63) is 142 Å². The van der Waals surface area contributed by atoms with E-state index in [9.17, 15) is 37.6 Å². The number of pyridine rings is 1. The molecule has 5 heterocycles. The maximum Gasteiger partial charge on any atom is 0.268 e. The number of hydrogen-bond acceptors (Lipinski definition) is 15. The zero-order valence-corrected chi connectivity index (χ0v) is 50.8. The van der Waals surface area contributed by atoms with Gasteiger partial charge in [-0.2, -0.15) is 0 Å². The van der Waals surface area contributed by atoms with Gasteiger partial charge < -0.3 is 35.5 Å². The van der Waals surface area contributed by atoms with Crippen LogP contribution in [-0.4, -0.2) is 132 Å². The number of benzene rings is 4. The number of unbranched alkanes of at least 4 members (excludes halogenated alkanes) is 1. The molecule has 87 heavy (non-hydrogen) atoms. The minimum Gasteiger partial charge on any atom is -0.455 e. The summed E-state index contributed by atoms with van der Waals surface area (Å²) in [5.41, 5.74) is 10.8. The van der Waals surface area contributed by atoms with E-state index in [0.717, 1.165) is 93.8 Å². The van der Waals surface area contributed by atoms with Crippen molar-refractivity contribution >= 4 is 84.8 Å². The van der Waals surface area contributed by atoms with Gasteiger partial charge in [0.25, 0.3) is 21.8 Å². The Balaban J connectivity index is 0.642. The van der Waals surface area contributed by atoms with Crippen molar-refractivity contribution in [2.45, 2.75) is 114 Å². The fourth-order valence-electron chi connectivity index (χ4n) is 12.9. The van der Waals surface area contributed by atoms with Crippen molar-refractivity contribution in [2.75, 3.05) is 68.5 Å². The number of rotatable bonds is 23. The van der Waals surface area contributed by atoms with E-state index in [1.807, 2.05) is 35.2 Å². The van der Waals surface area contributed by atoms with E-state index in [-0.39, 0.29) is 51.5 Å². The summed E-state index contributed by atoms with van der Waals surface area (Å²) in [5.74, 6) is -0.940. The molecule has 2 saturated heterocycles. The lowest BCUT2D eigenvalue weighted by atomic mass is 9.72. The topological polar surface area (TPSA) is 260 Å². The fourth-order valence-corrected chi connectivity index (χ4v) is 14.1. The number of nitrogens with zero attached hydrogens (tertiary/aromatic N) is 4. The third kappa shape index (κ3) is 14.5. The van der Waals surface area contributed by atoms with Crippen LogP contribution < -0.4 is 36.2 Å². The molecule has 0 spiro atoms. The molecule has 6 aromatic rings. The Kier molecular flexibility index (Phi) is 18.6. The second kappa shape index (κ2) is 26.7. The molecule has 5 amide bonds. The number of sulfonamides is 1. The molecular weight excluding hydrogens is 1150 g/mol. The van der Waals surface area contributed by atoms with E-state index in [2.05, 4.69) is 72.3 Å². The van der Waals surface area contributed by atoms with Crippen LogP contribution in [0.25, 0.3) is 16.6 Å². The second-order valence-electron chi connectivity index (χ2n) is 24.4. The molecule has 22 heteroatoms. The predicted molar refractivity (Wildman–Crippen MR) is 334 cm³/mol. The molecule has 2 aromatic heterocycles. The molecule has 8 N–H and O–H groups in total. The first-order valence-electron chi connectivity index (χ1n) is 30.3. The Morgan fingerprint density at radius 1 is 0.874 bits per heavy atom. The lowest BCUT2D eigenvalue weighted by Gasteiger charge is -2.41. The van der Waals surface area contributed by atoms with Gasteiger partial charge in [-0.25, -0.2) is 18.1 Å². The summed E-state index contributed by atoms with van der Waals surface area (Å²) in [6.45, 7) is 9.99. The van der Waals surface area contributed by atoms with E-state index in [4.69, 9.17) is 16.3 Å². The zero-order valence-electron chi connectivity index (χ0n) is 49.2. The van der Waals surface area contributed by atoms with Crippen LogP contribution in [-0.2, 0) is 37.4 Å². The summed E-state index contributed by atoms with van der Waals surface area (Å²) in [7, 11) is -4.47. The van der Waals surface area contributed by atoms with Crippen molar-refractivity contribution in [3.63, 3.8) is 0 Å². The number of nitrogens with one attached hydrogen (secondary N) is 7. The quantitative estimate of drug-likeness (QED) is 0.0169. The number of amides is 5. The maximum absolute atomic E-state index is 14.0. The van der Waals surface area contributed by atoms with Gasteiger partial charge in [0.15, 0.2) is 0 Å². The molecule has 1 unspecified atom stereocenters. The van der Waals surface area contributed by atoms with Crippen LogP contribution in [0.4, 0.5) is 17.1 Å². The SMILES string of the molecule is CC1(C)CCC(CNCCNc2ccc(C(=O)NS(=O)(=O)c3ccc(NCC4CCC(N5CCN(CCCCc6cccc7c6CN(C6CCC(=O)NC6=O)C7=O)C(=O)C5)CC4)c(NO)c3)c(Oc3cnc4[nH]ccc4c3)c2)=C(c2ccc(Cl)cc2)C1. The average molecular weight is 1220 g/mol. The molecule has 2 aliphatic carbocycles. The summed E-state index contributed by atoms with van der Waals surface area (Å²) in [4.78, 5) is 78.1. The average Bonchev–Trinajstić information content (AvgIpc) is 2.67. The highest BCUT2D eigenvalue weighted by molar-refractivity contribution is 7.90. The molecule has 20 nitrogen and oxygen atoms in total. The summed E-state index contributed by atoms with van der Waals surface area (Å²) < 4.78 is 36.4. The number of piperazine rings is 1. The molecule has 0 radical (unpaired) electrons. The Bertz CT molecular complexity index is 3710. The minimum atomic E-state index is -4.47. The largest absolute Gasteiger partial charge is 0.455 e. The Morgan fingerprint density at radius 2 is 1.70 bits per heavy atom. The predicted octanol–water partition coefficient (Wildman–Crippen LogP) is 9.49. The molecule has 1 saturated carbocycles. The first kappa shape index (κ1) is 60.9. The third-order valence-electron chi connectivity index (χ3n) is 17.9. The minimum absolute atomic E-state index is 0.0269. The molecule has 0 bridgehead atoms. The maximum atomic E-state index is 14.0. The number of aryl methyl sites for hydroxylation is 1. The molecule has 1 atom stereocenters. The second-order valence-corrected chi connectivity index (χ2v) is 26.5. The number of carbonyl (C=O) groups excluding carboxylic acids is 5. The van der Waals surface area contributed by atoms with E-state index < -0.39 is 27.9 Å². The molecule has 458 valence electrons. The van der Waals surface area contributed by atoms with Gasteiger partial charge in [-0.05, 0) is 165 Å². The first-order chi connectivity index (χ1) is 42.0. The van der Waals surface area contributed by atoms with Crippen LogP contribution in [0, 0.1) is 11.3 Å². The number of piperidine rings is 1. The van der Waals surface area contributed by atoms with Crippen LogP contribution in [0.15, 0.2) is 114 Å². The van der Waals surface area contributed by atoms with Crippen molar-refractivity contribution in [2.24, 2.45) is 11.3 Å². The van der Waals surface area contributed by atoms with Crippen LogP contribution in [0.5, 0.6) is 11.5 Å².